The fourth-order valence-corrected chi connectivity index (χ4v) is 7.26. The molecule has 3 atom stereocenters. The number of ether oxygens (including phenoxy) is 2. The van der Waals surface area contributed by atoms with E-state index in [1.807, 2.05) is 30.3 Å². The second kappa shape index (κ2) is 13.9. The molecule has 2 aromatic rings. The standard InChI is InChI=1S/C32H40BrN3O6/c1-41-29-16-20(10-15-27(29)35-32(40)34-26-8-4-3-7-25(26)33)17-30(37)36-23(18-22-6-2-5-9-28(22)36)19-42-24-13-11-21(12-14-24)31(38)39/h3-4,7-8,10,15-16,21-24,28H,2,5-6,9,11-14,17-19H2,1H3,(H,38,39)(H2,34,35,40)/t21-,22?,23-,24+,28?/m0/s1. The third kappa shape index (κ3) is 7.26. The number of hydrogen-bond acceptors (Lipinski definition) is 5. The fraction of sp³-hybridized carbons (Fsp3) is 0.531. The van der Waals surface area contributed by atoms with Crippen LogP contribution in [0.15, 0.2) is 46.9 Å². The number of carboxylic acid groups (broad SMARTS) is 1. The largest absolute Gasteiger partial charge is 0.495 e. The lowest BCUT2D eigenvalue weighted by Crippen LogP contribution is -2.46. The summed E-state index contributed by atoms with van der Waals surface area (Å²) in [5, 5.41) is 14.9. The SMILES string of the molecule is COc1cc(CC(=O)N2C3CCCCC3C[C@H]2CO[C@H]2CC[C@@H](C(=O)O)CC2)ccc1NC(=O)Nc1ccccc1Br. The number of hydrogen-bond donors (Lipinski definition) is 3. The van der Waals surface area contributed by atoms with Gasteiger partial charge in [0.25, 0.3) is 0 Å². The van der Waals surface area contributed by atoms with E-state index in [9.17, 15) is 19.5 Å². The first-order chi connectivity index (χ1) is 20.3. The van der Waals surface area contributed by atoms with Crippen molar-refractivity contribution in [3.05, 3.63) is 52.5 Å². The van der Waals surface area contributed by atoms with Crippen molar-refractivity contribution < 1.29 is 29.0 Å². The van der Waals surface area contributed by atoms with E-state index in [-0.39, 0.29) is 36.4 Å². The third-order valence-corrected chi connectivity index (χ3v) is 9.71. The first-order valence-electron chi connectivity index (χ1n) is 15.0. The van der Waals surface area contributed by atoms with Crippen LogP contribution in [0, 0.1) is 11.8 Å². The minimum absolute atomic E-state index is 0.0339. The Morgan fingerprint density at radius 2 is 1.71 bits per heavy atom. The van der Waals surface area contributed by atoms with Gasteiger partial charge in [-0.3, -0.25) is 9.59 Å². The number of carbonyl (C=O) groups excluding carboxylic acids is 2. The molecule has 0 bridgehead atoms. The van der Waals surface area contributed by atoms with Gasteiger partial charge in [-0.15, -0.1) is 0 Å². The number of aliphatic carboxylic acids is 1. The molecule has 9 nitrogen and oxygen atoms in total. The van der Waals surface area contributed by atoms with Crippen molar-refractivity contribution in [3.63, 3.8) is 0 Å². The van der Waals surface area contributed by atoms with Crippen LogP contribution in [0.5, 0.6) is 5.75 Å². The maximum absolute atomic E-state index is 13.8. The second-order valence-corrected chi connectivity index (χ2v) is 12.6. The molecule has 1 aliphatic heterocycles. The molecule has 2 saturated carbocycles. The van der Waals surface area contributed by atoms with Gasteiger partial charge in [0.05, 0.1) is 49.6 Å². The van der Waals surface area contributed by atoms with Crippen molar-refractivity contribution in [1.29, 1.82) is 0 Å². The first-order valence-corrected chi connectivity index (χ1v) is 15.8. The van der Waals surface area contributed by atoms with Crippen LogP contribution in [-0.4, -0.2) is 59.8 Å². The number of amides is 3. The van der Waals surface area contributed by atoms with Gasteiger partial charge in [-0.1, -0.05) is 31.0 Å². The molecule has 0 spiro atoms. The Bertz CT molecular complexity index is 1280. The van der Waals surface area contributed by atoms with Crippen molar-refractivity contribution in [2.24, 2.45) is 11.8 Å². The Morgan fingerprint density at radius 1 is 0.976 bits per heavy atom. The molecule has 2 aromatic carbocycles. The summed E-state index contributed by atoms with van der Waals surface area (Å²) in [6.07, 6.45) is 8.57. The highest BCUT2D eigenvalue weighted by atomic mass is 79.9. The van der Waals surface area contributed by atoms with Gasteiger partial charge >= 0.3 is 12.0 Å². The van der Waals surface area contributed by atoms with E-state index < -0.39 is 12.0 Å². The van der Waals surface area contributed by atoms with Crippen LogP contribution >= 0.6 is 15.9 Å². The molecule has 3 N–H and O–H groups in total. The highest BCUT2D eigenvalue weighted by Crippen LogP contribution is 2.41. The number of nitrogens with one attached hydrogen (secondary N) is 2. The number of fused-ring (bicyclic) bond motifs is 1. The number of benzene rings is 2. The summed E-state index contributed by atoms with van der Waals surface area (Å²) in [5.41, 5.74) is 1.98. The molecule has 10 heteroatoms. The lowest BCUT2D eigenvalue weighted by molar-refractivity contribution is -0.144. The normalized spacial score (nSPS) is 25.4. The summed E-state index contributed by atoms with van der Waals surface area (Å²) in [5.74, 6) is 0.0900. The molecular weight excluding hydrogens is 602 g/mol. The lowest BCUT2D eigenvalue weighted by Gasteiger charge is -2.35. The zero-order chi connectivity index (χ0) is 29.6. The topological polar surface area (TPSA) is 117 Å². The van der Waals surface area contributed by atoms with Crippen molar-refractivity contribution in [2.45, 2.75) is 82.4 Å². The van der Waals surface area contributed by atoms with Crippen LogP contribution < -0.4 is 15.4 Å². The van der Waals surface area contributed by atoms with Crippen molar-refractivity contribution >= 4 is 45.2 Å². The molecule has 0 radical (unpaired) electrons. The zero-order valence-corrected chi connectivity index (χ0v) is 25.6. The molecule has 3 aliphatic rings. The number of urea groups is 1. The fourth-order valence-electron chi connectivity index (χ4n) is 6.88. The van der Waals surface area contributed by atoms with Gasteiger partial charge in [-0.25, -0.2) is 4.79 Å². The quantitative estimate of drug-likeness (QED) is 0.289. The minimum atomic E-state index is -0.714. The Hall–Kier alpha value is -3.11. The predicted molar refractivity (Wildman–Crippen MR) is 164 cm³/mol. The van der Waals surface area contributed by atoms with E-state index >= 15 is 0 Å². The van der Waals surface area contributed by atoms with Gasteiger partial charge in [0, 0.05) is 10.5 Å². The molecule has 5 rings (SSSR count). The van der Waals surface area contributed by atoms with Crippen LogP contribution in [0.25, 0.3) is 0 Å². The third-order valence-electron chi connectivity index (χ3n) is 9.02. The molecule has 0 aromatic heterocycles. The van der Waals surface area contributed by atoms with Crippen LogP contribution in [0.4, 0.5) is 16.2 Å². The summed E-state index contributed by atoms with van der Waals surface area (Å²) >= 11 is 3.43. The number of rotatable bonds is 9. The Balaban J connectivity index is 1.22. The highest BCUT2D eigenvalue weighted by molar-refractivity contribution is 9.10. The van der Waals surface area contributed by atoms with Crippen molar-refractivity contribution in [2.75, 3.05) is 24.4 Å². The number of anilines is 2. The molecular formula is C32H40BrN3O6. The maximum atomic E-state index is 13.8. The number of para-hydroxylation sites is 1. The van der Waals surface area contributed by atoms with Crippen LogP contribution in [0.2, 0.25) is 0 Å². The first kappa shape index (κ1) is 30.4. The van der Waals surface area contributed by atoms with Gasteiger partial charge in [-0.2, -0.15) is 0 Å². The zero-order valence-electron chi connectivity index (χ0n) is 24.0. The molecule has 1 heterocycles. The molecule has 2 unspecified atom stereocenters. The van der Waals surface area contributed by atoms with Gasteiger partial charge in [0.1, 0.15) is 5.75 Å². The Morgan fingerprint density at radius 3 is 2.45 bits per heavy atom. The molecule has 2 aliphatic carbocycles. The number of carbonyl (C=O) groups is 3. The Kier molecular flexibility index (Phi) is 10.1. The number of methoxy groups -OCH3 is 1. The summed E-state index contributed by atoms with van der Waals surface area (Å²) in [4.78, 5) is 39.9. The summed E-state index contributed by atoms with van der Waals surface area (Å²) in [6, 6.07) is 12.7. The predicted octanol–water partition coefficient (Wildman–Crippen LogP) is 6.46. The molecule has 42 heavy (non-hydrogen) atoms. The summed E-state index contributed by atoms with van der Waals surface area (Å²) < 4.78 is 12.7. The maximum Gasteiger partial charge on any atom is 0.323 e. The number of nitrogens with zero attached hydrogens (tertiary/aromatic N) is 1. The van der Waals surface area contributed by atoms with E-state index in [4.69, 9.17) is 9.47 Å². The van der Waals surface area contributed by atoms with E-state index in [2.05, 4.69) is 31.5 Å². The lowest BCUT2D eigenvalue weighted by atomic mass is 9.84. The smallest absolute Gasteiger partial charge is 0.323 e. The van der Waals surface area contributed by atoms with Crippen molar-refractivity contribution in [3.8, 4) is 5.75 Å². The number of likely N-dealkylation sites (tertiary alicyclic amines) is 1. The average Bonchev–Trinajstić information content (AvgIpc) is 3.37. The second-order valence-electron chi connectivity index (χ2n) is 11.7. The van der Waals surface area contributed by atoms with Crippen LogP contribution in [0.1, 0.15) is 63.4 Å². The number of carboxylic acids is 1. The monoisotopic (exact) mass is 641 g/mol. The molecule has 3 fully saturated rings. The average molecular weight is 643 g/mol. The van der Waals surface area contributed by atoms with Crippen LogP contribution in [-0.2, 0) is 20.7 Å². The molecule has 226 valence electrons. The van der Waals surface area contributed by atoms with E-state index in [0.717, 1.165) is 48.6 Å². The van der Waals surface area contributed by atoms with Gasteiger partial charge < -0.3 is 30.1 Å². The van der Waals surface area contributed by atoms with Crippen molar-refractivity contribution in [1.82, 2.24) is 4.90 Å². The van der Waals surface area contributed by atoms with E-state index in [1.54, 1.807) is 19.2 Å². The van der Waals surface area contributed by atoms with E-state index in [1.165, 1.54) is 6.42 Å². The van der Waals surface area contributed by atoms with Gasteiger partial charge in [-0.05, 0) is 96.6 Å². The van der Waals surface area contributed by atoms with E-state index in [0.29, 0.717) is 42.5 Å². The van der Waals surface area contributed by atoms with Crippen LogP contribution in [0.3, 0.4) is 0 Å². The molecule has 3 amide bonds. The number of halogens is 1. The minimum Gasteiger partial charge on any atom is -0.495 e. The summed E-state index contributed by atoms with van der Waals surface area (Å²) in [6.45, 7) is 0.500. The highest BCUT2D eigenvalue weighted by Gasteiger charge is 2.44. The summed E-state index contributed by atoms with van der Waals surface area (Å²) in [7, 11) is 1.54. The van der Waals surface area contributed by atoms with Gasteiger partial charge in [0.15, 0.2) is 0 Å². The Labute approximate surface area is 255 Å². The van der Waals surface area contributed by atoms with Gasteiger partial charge in [0.2, 0.25) is 5.91 Å². The molecule has 1 saturated heterocycles.